The zero-order valence-corrected chi connectivity index (χ0v) is 8.34. The van der Waals surface area contributed by atoms with Gasteiger partial charge in [0.15, 0.2) is 0 Å². The molecule has 0 aliphatic rings. The zero-order valence-electron chi connectivity index (χ0n) is 6.18. The Kier molecular flexibility index (Phi) is 2.93. The molecule has 0 aliphatic heterocycles. The molecule has 0 heterocycles. The van der Waals surface area contributed by atoms with Gasteiger partial charge in [-0.15, -0.1) is 0 Å². The average molecular weight is 259 g/mol. The first-order valence-electron chi connectivity index (χ1n) is 3.33. The maximum atomic E-state index is 5.61. The van der Waals surface area contributed by atoms with Crippen molar-refractivity contribution in [3.63, 3.8) is 0 Å². The van der Waals surface area contributed by atoms with Gasteiger partial charge in [-0.3, -0.25) is 0 Å². The molecule has 0 atom stereocenters. The fourth-order valence-electron chi connectivity index (χ4n) is 0.836. The molecule has 0 bridgehead atoms. The van der Waals surface area contributed by atoms with Gasteiger partial charge in [0, 0.05) is 10.1 Å². The van der Waals surface area contributed by atoms with E-state index in [-0.39, 0.29) is 0 Å². The van der Waals surface area contributed by atoms with Crippen molar-refractivity contribution in [2.24, 2.45) is 0 Å². The number of nitrogen functional groups attached to an aromatic ring is 1. The molecule has 1 rings (SSSR count). The first kappa shape index (κ1) is 8.59. The molecular formula is C9H10IN. The van der Waals surface area contributed by atoms with Crippen LogP contribution in [-0.2, 0) is 0 Å². The van der Waals surface area contributed by atoms with E-state index in [2.05, 4.69) is 29.2 Å². The molecular weight excluding hydrogens is 249 g/mol. The summed E-state index contributed by atoms with van der Waals surface area (Å²) in [6.45, 7) is 3.92. The van der Waals surface area contributed by atoms with Gasteiger partial charge < -0.3 is 5.73 Å². The standard InChI is InChI=1S/C9H10IN/c1-7(6-10)8-3-2-4-9(11)5-8/h2-5H,1,6,11H2. The molecule has 0 aliphatic carbocycles. The third-order valence-corrected chi connectivity index (χ3v) is 2.38. The summed E-state index contributed by atoms with van der Waals surface area (Å²) < 4.78 is 0.946. The Morgan fingerprint density at radius 1 is 1.55 bits per heavy atom. The molecule has 0 spiro atoms. The summed E-state index contributed by atoms with van der Waals surface area (Å²) in [5.74, 6) is 0. The molecule has 11 heavy (non-hydrogen) atoms. The van der Waals surface area contributed by atoms with Crippen LogP contribution >= 0.6 is 22.6 Å². The van der Waals surface area contributed by atoms with E-state index in [1.54, 1.807) is 0 Å². The van der Waals surface area contributed by atoms with Crippen LogP contribution < -0.4 is 5.73 Å². The van der Waals surface area contributed by atoms with Gasteiger partial charge in [-0.05, 0) is 23.3 Å². The summed E-state index contributed by atoms with van der Waals surface area (Å²) in [6, 6.07) is 7.80. The van der Waals surface area contributed by atoms with Crippen LogP contribution in [-0.4, -0.2) is 4.43 Å². The van der Waals surface area contributed by atoms with Crippen LogP contribution in [0, 0.1) is 0 Å². The lowest BCUT2D eigenvalue weighted by Gasteiger charge is -2.01. The zero-order chi connectivity index (χ0) is 8.27. The Balaban J connectivity index is 2.96. The molecule has 2 N–H and O–H groups in total. The maximum Gasteiger partial charge on any atom is 0.0320 e. The maximum absolute atomic E-state index is 5.61. The lowest BCUT2D eigenvalue weighted by Crippen LogP contribution is -1.87. The van der Waals surface area contributed by atoms with Gasteiger partial charge in [-0.1, -0.05) is 41.3 Å². The molecule has 1 aromatic rings. The predicted molar refractivity (Wildman–Crippen MR) is 58.8 cm³/mol. The van der Waals surface area contributed by atoms with Crippen LogP contribution in [0.1, 0.15) is 5.56 Å². The van der Waals surface area contributed by atoms with E-state index in [1.807, 2.05) is 24.3 Å². The van der Waals surface area contributed by atoms with Crippen molar-refractivity contribution in [3.05, 3.63) is 36.4 Å². The Hall–Kier alpha value is -0.510. The van der Waals surface area contributed by atoms with Crippen molar-refractivity contribution in [2.45, 2.75) is 0 Å². The minimum atomic E-state index is 0.800. The summed E-state index contributed by atoms with van der Waals surface area (Å²) >= 11 is 2.29. The Labute approximate surface area is 80.4 Å². The number of rotatable bonds is 2. The van der Waals surface area contributed by atoms with Crippen LogP contribution in [0.5, 0.6) is 0 Å². The first-order valence-corrected chi connectivity index (χ1v) is 4.86. The molecule has 0 amide bonds. The number of halogens is 1. The van der Waals surface area contributed by atoms with Crippen LogP contribution in [0.15, 0.2) is 30.8 Å². The monoisotopic (exact) mass is 259 g/mol. The highest BCUT2D eigenvalue weighted by Crippen LogP contribution is 2.16. The molecule has 0 saturated carbocycles. The van der Waals surface area contributed by atoms with E-state index in [1.165, 1.54) is 0 Å². The second-order valence-corrected chi connectivity index (χ2v) is 3.13. The van der Waals surface area contributed by atoms with E-state index in [4.69, 9.17) is 5.73 Å². The fraction of sp³-hybridized carbons (Fsp3) is 0.111. The lowest BCUT2D eigenvalue weighted by molar-refractivity contribution is 1.59. The number of nitrogens with two attached hydrogens (primary N) is 1. The van der Waals surface area contributed by atoms with Gasteiger partial charge in [0.05, 0.1) is 0 Å². The van der Waals surface area contributed by atoms with Gasteiger partial charge in [0.2, 0.25) is 0 Å². The van der Waals surface area contributed by atoms with Crippen molar-refractivity contribution >= 4 is 33.9 Å². The van der Waals surface area contributed by atoms with Crippen molar-refractivity contribution in [1.82, 2.24) is 0 Å². The van der Waals surface area contributed by atoms with Crippen molar-refractivity contribution < 1.29 is 0 Å². The Morgan fingerprint density at radius 2 is 2.27 bits per heavy atom. The Bertz CT molecular complexity index is 268. The number of hydrogen-bond acceptors (Lipinski definition) is 1. The lowest BCUT2D eigenvalue weighted by atomic mass is 10.1. The summed E-state index contributed by atoms with van der Waals surface area (Å²) in [5.41, 5.74) is 8.67. The second kappa shape index (κ2) is 3.76. The number of hydrogen-bond donors (Lipinski definition) is 1. The SMILES string of the molecule is C=C(CI)c1cccc(N)c1. The normalized spacial score (nSPS) is 9.55. The van der Waals surface area contributed by atoms with E-state index >= 15 is 0 Å². The van der Waals surface area contributed by atoms with Gasteiger partial charge >= 0.3 is 0 Å². The molecule has 0 radical (unpaired) electrons. The van der Waals surface area contributed by atoms with Gasteiger partial charge in [-0.2, -0.15) is 0 Å². The number of allylic oxidation sites excluding steroid dienone is 1. The van der Waals surface area contributed by atoms with E-state index in [0.29, 0.717) is 0 Å². The fourth-order valence-corrected chi connectivity index (χ4v) is 1.28. The molecule has 1 nitrogen and oxygen atoms in total. The van der Waals surface area contributed by atoms with Crippen molar-refractivity contribution in [2.75, 3.05) is 10.2 Å². The third-order valence-electron chi connectivity index (χ3n) is 1.46. The highest BCUT2D eigenvalue weighted by molar-refractivity contribution is 14.1. The highest BCUT2D eigenvalue weighted by Gasteiger charge is 1.95. The smallest absolute Gasteiger partial charge is 0.0320 e. The molecule has 58 valence electrons. The van der Waals surface area contributed by atoms with E-state index in [0.717, 1.165) is 21.3 Å². The van der Waals surface area contributed by atoms with Crippen LogP contribution in [0.4, 0.5) is 5.69 Å². The second-order valence-electron chi connectivity index (χ2n) is 2.36. The molecule has 1 aromatic carbocycles. The molecule has 0 aromatic heterocycles. The summed E-state index contributed by atoms with van der Waals surface area (Å²) in [6.07, 6.45) is 0. The summed E-state index contributed by atoms with van der Waals surface area (Å²) in [7, 11) is 0. The summed E-state index contributed by atoms with van der Waals surface area (Å²) in [5, 5.41) is 0. The molecule has 2 heteroatoms. The van der Waals surface area contributed by atoms with Crippen LogP contribution in [0.3, 0.4) is 0 Å². The predicted octanol–water partition coefficient (Wildman–Crippen LogP) is 2.72. The molecule has 0 unspecified atom stereocenters. The number of anilines is 1. The average Bonchev–Trinajstić information content (AvgIpc) is 2.03. The number of benzene rings is 1. The summed E-state index contributed by atoms with van der Waals surface area (Å²) in [4.78, 5) is 0. The topological polar surface area (TPSA) is 26.0 Å². The van der Waals surface area contributed by atoms with Crippen molar-refractivity contribution in [3.8, 4) is 0 Å². The minimum absolute atomic E-state index is 0.800. The molecule has 0 saturated heterocycles. The van der Waals surface area contributed by atoms with E-state index in [9.17, 15) is 0 Å². The van der Waals surface area contributed by atoms with Gasteiger partial charge in [-0.25, -0.2) is 0 Å². The third kappa shape index (κ3) is 2.22. The first-order chi connectivity index (χ1) is 5.24. The van der Waals surface area contributed by atoms with Crippen LogP contribution in [0.25, 0.3) is 5.57 Å². The quantitative estimate of drug-likeness (QED) is 0.493. The van der Waals surface area contributed by atoms with Crippen LogP contribution in [0.2, 0.25) is 0 Å². The number of alkyl halides is 1. The highest BCUT2D eigenvalue weighted by atomic mass is 127. The van der Waals surface area contributed by atoms with Crippen molar-refractivity contribution in [1.29, 1.82) is 0 Å². The molecule has 0 fully saturated rings. The van der Waals surface area contributed by atoms with Gasteiger partial charge in [0.25, 0.3) is 0 Å². The van der Waals surface area contributed by atoms with Gasteiger partial charge in [0.1, 0.15) is 0 Å². The Morgan fingerprint density at radius 3 is 2.82 bits per heavy atom. The van der Waals surface area contributed by atoms with E-state index < -0.39 is 0 Å². The minimum Gasteiger partial charge on any atom is -0.399 e. The largest absolute Gasteiger partial charge is 0.399 e.